The number of anilines is 1. The van der Waals surface area contributed by atoms with Crippen LogP contribution in [0.4, 0.5) is 11.4 Å². The van der Waals surface area contributed by atoms with Crippen LogP contribution in [0, 0.1) is 10.1 Å². The van der Waals surface area contributed by atoms with Crippen molar-refractivity contribution in [1.29, 1.82) is 0 Å². The topological polar surface area (TPSA) is 103 Å². The number of rotatable bonds is 5. The van der Waals surface area contributed by atoms with Gasteiger partial charge in [-0.1, -0.05) is 18.2 Å². The molecule has 2 aromatic carbocycles. The summed E-state index contributed by atoms with van der Waals surface area (Å²) in [6.07, 6.45) is 1.51. The predicted molar refractivity (Wildman–Crippen MR) is 92.6 cm³/mol. The molecule has 126 valence electrons. The minimum absolute atomic E-state index is 0.159. The number of hydrogen-bond donors (Lipinski definition) is 1. The number of amides is 1. The van der Waals surface area contributed by atoms with Gasteiger partial charge in [0.25, 0.3) is 11.6 Å². The average Bonchev–Trinajstić information content (AvgIpc) is 3.00. The fourth-order valence-electron chi connectivity index (χ4n) is 2.08. The standard InChI is InChI=1S/C16H13N5O3S/c1-20-10-17-19-16(20)25-14-8-7-11(9-13(14)21(23)24)15(22)18-12-5-3-2-4-6-12/h2-10H,1H3,(H,18,22). The predicted octanol–water partition coefficient (Wildman–Crippen LogP) is 3.13. The molecule has 25 heavy (non-hydrogen) atoms. The highest BCUT2D eigenvalue weighted by Crippen LogP contribution is 2.34. The van der Waals surface area contributed by atoms with E-state index in [1.54, 1.807) is 41.9 Å². The SMILES string of the molecule is Cn1cnnc1Sc1ccc(C(=O)Nc2ccccc2)cc1[N+](=O)[O-]. The summed E-state index contributed by atoms with van der Waals surface area (Å²) in [5, 5.41) is 22.2. The molecule has 9 heteroatoms. The van der Waals surface area contributed by atoms with Gasteiger partial charge in [-0.3, -0.25) is 14.9 Å². The maximum absolute atomic E-state index is 12.3. The zero-order valence-corrected chi connectivity index (χ0v) is 13.9. The van der Waals surface area contributed by atoms with Crippen LogP contribution in [-0.4, -0.2) is 25.6 Å². The fourth-order valence-corrected chi connectivity index (χ4v) is 2.93. The molecule has 8 nitrogen and oxygen atoms in total. The highest BCUT2D eigenvalue weighted by atomic mass is 32.2. The molecule has 0 saturated carbocycles. The molecule has 3 rings (SSSR count). The highest BCUT2D eigenvalue weighted by molar-refractivity contribution is 7.99. The molecule has 0 atom stereocenters. The second-order valence-corrected chi connectivity index (χ2v) is 6.10. The summed E-state index contributed by atoms with van der Waals surface area (Å²) in [6, 6.07) is 13.2. The Morgan fingerprint density at radius 1 is 1.24 bits per heavy atom. The van der Waals surface area contributed by atoms with Crippen molar-refractivity contribution in [3.05, 3.63) is 70.5 Å². The van der Waals surface area contributed by atoms with Crippen LogP contribution in [0.5, 0.6) is 0 Å². The van der Waals surface area contributed by atoms with Gasteiger partial charge in [0.05, 0.1) is 9.82 Å². The number of benzene rings is 2. The zero-order chi connectivity index (χ0) is 17.8. The van der Waals surface area contributed by atoms with Crippen LogP contribution in [0.3, 0.4) is 0 Å². The van der Waals surface area contributed by atoms with Crippen molar-refractivity contribution in [2.75, 3.05) is 5.32 Å². The molecule has 0 saturated heterocycles. The molecule has 1 heterocycles. The van der Waals surface area contributed by atoms with E-state index >= 15 is 0 Å². The fraction of sp³-hybridized carbons (Fsp3) is 0.0625. The van der Waals surface area contributed by atoms with Crippen molar-refractivity contribution in [3.8, 4) is 0 Å². The maximum atomic E-state index is 12.3. The van der Waals surface area contributed by atoms with Gasteiger partial charge in [0, 0.05) is 24.4 Å². The van der Waals surface area contributed by atoms with Crippen molar-refractivity contribution in [3.63, 3.8) is 0 Å². The number of nitrogens with zero attached hydrogens (tertiary/aromatic N) is 4. The number of hydrogen-bond acceptors (Lipinski definition) is 6. The van der Waals surface area contributed by atoms with Crippen molar-refractivity contribution in [1.82, 2.24) is 14.8 Å². The summed E-state index contributed by atoms with van der Waals surface area (Å²) in [6.45, 7) is 0. The van der Waals surface area contributed by atoms with Crippen LogP contribution in [0.25, 0.3) is 0 Å². The lowest BCUT2D eigenvalue weighted by atomic mass is 10.2. The Bertz CT molecular complexity index is 927. The number of aromatic nitrogens is 3. The number of para-hydroxylation sites is 1. The van der Waals surface area contributed by atoms with E-state index in [9.17, 15) is 14.9 Å². The molecular weight excluding hydrogens is 342 g/mol. The normalized spacial score (nSPS) is 10.4. The summed E-state index contributed by atoms with van der Waals surface area (Å²) in [5.41, 5.74) is 0.666. The summed E-state index contributed by atoms with van der Waals surface area (Å²) < 4.78 is 1.66. The Morgan fingerprint density at radius 2 is 2.00 bits per heavy atom. The molecule has 1 aromatic heterocycles. The van der Waals surface area contributed by atoms with Gasteiger partial charge < -0.3 is 9.88 Å². The van der Waals surface area contributed by atoms with E-state index in [0.29, 0.717) is 15.7 Å². The van der Waals surface area contributed by atoms with Crippen LogP contribution < -0.4 is 5.32 Å². The second kappa shape index (κ2) is 7.14. The van der Waals surface area contributed by atoms with Gasteiger partial charge in [-0.15, -0.1) is 10.2 Å². The summed E-state index contributed by atoms with van der Waals surface area (Å²) in [7, 11) is 1.75. The van der Waals surface area contributed by atoms with E-state index in [1.807, 2.05) is 6.07 Å². The van der Waals surface area contributed by atoms with Gasteiger partial charge in [-0.05, 0) is 36.0 Å². The quantitative estimate of drug-likeness (QED) is 0.557. The van der Waals surface area contributed by atoms with E-state index in [4.69, 9.17) is 0 Å². The minimum atomic E-state index is -0.516. The van der Waals surface area contributed by atoms with Crippen LogP contribution in [0.2, 0.25) is 0 Å². The van der Waals surface area contributed by atoms with Crippen molar-refractivity contribution >= 4 is 29.0 Å². The van der Waals surface area contributed by atoms with Crippen molar-refractivity contribution < 1.29 is 9.72 Å². The lowest BCUT2D eigenvalue weighted by Crippen LogP contribution is -2.12. The van der Waals surface area contributed by atoms with Crippen LogP contribution in [-0.2, 0) is 7.05 Å². The number of nitro benzene ring substituents is 1. The van der Waals surface area contributed by atoms with E-state index in [2.05, 4.69) is 15.5 Å². The van der Waals surface area contributed by atoms with E-state index < -0.39 is 10.8 Å². The van der Waals surface area contributed by atoms with E-state index in [-0.39, 0.29) is 11.3 Å². The molecule has 0 fully saturated rings. The number of carbonyl (C=O) groups is 1. The van der Waals surface area contributed by atoms with Gasteiger partial charge in [-0.25, -0.2) is 0 Å². The summed E-state index contributed by atoms with van der Waals surface area (Å²) >= 11 is 1.12. The van der Waals surface area contributed by atoms with Crippen LogP contribution >= 0.6 is 11.8 Å². The first-order chi connectivity index (χ1) is 12.0. The molecule has 0 aliphatic heterocycles. The Balaban J connectivity index is 1.87. The third-order valence-electron chi connectivity index (χ3n) is 3.32. The highest BCUT2D eigenvalue weighted by Gasteiger charge is 2.20. The van der Waals surface area contributed by atoms with E-state index in [1.165, 1.54) is 18.5 Å². The molecule has 0 aliphatic carbocycles. The Morgan fingerprint density at radius 3 is 2.64 bits per heavy atom. The Labute approximate surface area is 147 Å². The molecule has 1 amide bonds. The minimum Gasteiger partial charge on any atom is -0.322 e. The van der Waals surface area contributed by atoms with Crippen LogP contribution in [0.1, 0.15) is 10.4 Å². The number of aryl methyl sites for hydroxylation is 1. The molecule has 0 aliphatic rings. The smallest absolute Gasteiger partial charge is 0.284 e. The number of nitrogens with one attached hydrogen (secondary N) is 1. The molecule has 0 unspecified atom stereocenters. The lowest BCUT2D eigenvalue weighted by Gasteiger charge is -2.07. The molecule has 0 spiro atoms. The van der Waals surface area contributed by atoms with Gasteiger partial charge in [0.2, 0.25) is 0 Å². The first-order valence-electron chi connectivity index (χ1n) is 7.21. The first kappa shape index (κ1) is 16.7. The zero-order valence-electron chi connectivity index (χ0n) is 13.1. The van der Waals surface area contributed by atoms with Crippen LogP contribution in [0.15, 0.2) is 64.9 Å². The third kappa shape index (κ3) is 3.83. The first-order valence-corrected chi connectivity index (χ1v) is 8.03. The van der Waals surface area contributed by atoms with Crippen molar-refractivity contribution in [2.24, 2.45) is 7.05 Å². The van der Waals surface area contributed by atoms with Gasteiger partial charge in [0.1, 0.15) is 6.33 Å². The van der Waals surface area contributed by atoms with Gasteiger partial charge in [-0.2, -0.15) is 0 Å². The second-order valence-electron chi connectivity index (χ2n) is 5.09. The molecular formula is C16H13N5O3S. The summed E-state index contributed by atoms with van der Waals surface area (Å²) in [5.74, 6) is -0.412. The van der Waals surface area contributed by atoms with Crippen molar-refractivity contribution in [2.45, 2.75) is 10.1 Å². The Hall–Kier alpha value is -3.20. The monoisotopic (exact) mass is 355 g/mol. The molecule has 0 bridgehead atoms. The number of nitro groups is 1. The van der Waals surface area contributed by atoms with Gasteiger partial charge >= 0.3 is 0 Å². The van der Waals surface area contributed by atoms with Gasteiger partial charge in [0.15, 0.2) is 5.16 Å². The largest absolute Gasteiger partial charge is 0.322 e. The molecule has 1 N–H and O–H groups in total. The number of carbonyl (C=O) groups excluding carboxylic acids is 1. The molecule has 0 radical (unpaired) electrons. The maximum Gasteiger partial charge on any atom is 0.284 e. The third-order valence-corrected chi connectivity index (χ3v) is 4.44. The lowest BCUT2D eigenvalue weighted by molar-refractivity contribution is -0.387. The summed E-state index contributed by atoms with van der Waals surface area (Å²) in [4.78, 5) is 23.6. The molecule has 3 aromatic rings. The average molecular weight is 355 g/mol. The van der Waals surface area contributed by atoms with E-state index in [0.717, 1.165) is 11.8 Å². The Kier molecular flexibility index (Phi) is 4.75.